The molecule has 2 N–H and O–H groups in total. The Hall–Kier alpha value is -3.49. The van der Waals surface area contributed by atoms with Gasteiger partial charge in [0, 0.05) is 30.9 Å². The summed E-state index contributed by atoms with van der Waals surface area (Å²) in [6.45, 7) is 0.279. The second-order valence-corrected chi connectivity index (χ2v) is 7.43. The Morgan fingerprint density at radius 3 is 2.52 bits per heavy atom. The van der Waals surface area contributed by atoms with Gasteiger partial charge in [-0.1, -0.05) is 46.6 Å². The summed E-state index contributed by atoms with van der Waals surface area (Å²) in [6, 6.07) is 10.8. The average molecular weight is 456 g/mol. The minimum Gasteiger partial charge on any atom is -0.505 e. The molecular weight excluding hydrogens is 441 g/mol. The number of nitrogens with zero attached hydrogens (tertiary/aromatic N) is 4. The summed E-state index contributed by atoms with van der Waals surface area (Å²) in [7, 11) is 0. The molecule has 0 unspecified atom stereocenters. The van der Waals surface area contributed by atoms with E-state index in [2.05, 4.69) is 25.4 Å². The van der Waals surface area contributed by atoms with Crippen molar-refractivity contribution in [3.05, 3.63) is 88.0 Å². The summed E-state index contributed by atoms with van der Waals surface area (Å²) in [5.41, 5.74) is 3.38. The fraction of sp³-hybridized carbons (Fsp3) is 0.0952. The Bertz CT molecular complexity index is 1210. The molecule has 0 spiro atoms. The van der Waals surface area contributed by atoms with E-state index in [0.29, 0.717) is 5.56 Å². The molecule has 156 valence electrons. The molecule has 1 amide bonds. The number of benzene rings is 2. The van der Waals surface area contributed by atoms with Gasteiger partial charge in [0.1, 0.15) is 6.33 Å². The van der Waals surface area contributed by atoms with Crippen molar-refractivity contribution < 1.29 is 14.4 Å². The molecule has 0 fully saturated rings. The van der Waals surface area contributed by atoms with Crippen LogP contribution in [0, 0.1) is 0 Å². The Labute approximate surface area is 186 Å². The van der Waals surface area contributed by atoms with Crippen molar-refractivity contribution in [1.29, 1.82) is 0 Å². The van der Waals surface area contributed by atoms with Crippen LogP contribution in [0.15, 0.2) is 59.6 Å². The summed E-state index contributed by atoms with van der Waals surface area (Å²) >= 11 is 11.8. The van der Waals surface area contributed by atoms with Gasteiger partial charge >= 0.3 is 11.8 Å². The number of rotatable bonds is 6. The number of carbonyl (C=O) groups excluding carboxylic acids is 1. The summed E-state index contributed by atoms with van der Waals surface area (Å²) in [5.74, 6) is -0.550. The van der Waals surface area contributed by atoms with Gasteiger partial charge < -0.3 is 14.9 Å². The number of hydrogen-bond acceptors (Lipinski definition) is 7. The van der Waals surface area contributed by atoms with E-state index in [4.69, 9.17) is 27.7 Å². The van der Waals surface area contributed by atoms with Crippen molar-refractivity contribution in [1.82, 2.24) is 25.4 Å². The Morgan fingerprint density at radius 2 is 1.77 bits per heavy atom. The van der Waals surface area contributed by atoms with Crippen LogP contribution >= 0.6 is 23.2 Å². The molecule has 31 heavy (non-hydrogen) atoms. The van der Waals surface area contributed by atoms with E-state index < -0.39 is 5.91 Å². The predicted molar refractivity (Wildman–Crippen MR) is 114 cm³/mol. The molecule has 4 rings (SSSR count). The lowest BCUT2D eigenvalue weighted by molar-refractivity contribution is 0.0907. The van der Waals surface area contributed by atoms with Gasteiger partial charge in [0.2, 0.25) is 0 Å². The number of aromatic nitrogens is 4. The van der Waals surface area contributed by atoms with Crippen LogP contribution in [-0.2, 0) is 13.0 Å². The average Bonchev–Trinajstić information content (AvgIpc) is 3.25. The highest BCUT2D eigenvalue weighted by Crippen LogP contribution is 2.33. The van der Waals surface area contributed by atoms with Crippen LogP contribution in [0.5, 0.6) is 5.75 Å². The van der Waals surface area contributed by atoms with Gasteiger partial charge in [-0.3, -0.25) is 4.79 Å². The highest BCUT2D eigenvalue weighted by atomic mass is 35.5. The molecule has 0 aliphatic heterocycles. The van der Waals surface area contributed by atoms with Crippen LogP contribution in [0.25, 0.3) is 11.1 Å². The lowest BCUT2D eigenvalue weighted by atomic mass is 10.1. The largest absolute Gasteiger partial charge is 0.505 e. The number of amides is 1. The van der Waals surface area contributed by atoms with Gasteiger partial charge in [0.15, 0.2) is 11.6 Å². The third kappa shape index (κ3) is 4.99. The number of aromatic hydroxyl groups is 1. The molecule has 0 aliphatic carbocycles. The lowest BCUT2D eigenvalue weighted by Crippen LogP contribution is -2.23. The molecule has 0 radical (unpaired) electrons. The first-order valence-electron chi connectivity index (χ1n) is 9.11. The van der Waals surface area contributed by atoms with Gasteiger partial charge in [-0.25, -0.2) is 9.97 Å². The maximum atomic E-state index is 12.4. The van der Waals surface area contributed by atoms with Gasteiger partial charge in [0.05, 0.1) is 10.0 Å². The normalized spacial score (nSPS) is 10.8. The first-order valence-corrected chi connectivity index (χ1v) is 9.87. The van der Waals surface area contributed by atoms with Crippen LogP contribution < -0.4 is 5.32 Å². The van der Waals surface area contributed by atoms with Gasteiger partial charge in [-0.15, -0.1) is 0 Å². The third-order valence-electron chi connectivity index (χ3n) is 4.38. The summed E-state index contributed by atoms with van der Waals surface area (Å²) in [6.07, 6.45) is 5.15. The topological polar surface area (TPSA) is 114 Å². The highest BCUT2D eigenvalue weighted by molar-refractivity contribution is 6.37. The Morgan fingerprint density at radius 1 is 1.03 bits per heavy atom. The van der Waals surface area contributed by atoms with Gasteiger partial charge in [0.25, 0.3) is 0 Å². The van der Waals surface area contributed by atoms with Crippen LogP contribution in [0.3, 0.4) is 0 Å². The van der Waals surface area contributed by atoms with Crippen LogP contribution in [-0.4, -0.2) is 31.1 Å². The first-order chi connectivity index (χ1) is 15.0. The maximum absolute atomic E-state index is 12.4. The van der Waals surface area contributed by atoms with Crippen LogP contribution in [0.2, 0.25) is 10.0 Å². The number of nitrogens with one attached hydrogen (secondary N) is 1. The molecule has 2 aromatic carbocycles. The number of phenols is 1. The minimum absolute atomic E-state index is 0.119. The van der Waals surface area contributed by atoms with E-state index in [1.54, 1.807) is 24.5 Å². The zero-order valence-corrected chi connectivity index (χ0v) is 17.4. The minimum atomic E-state index is -0.492. The Kier molecular flexibility index (Phi) is 6.11. The van der Waals surface area contributed by atoms with E-state index in [1.807, 2.05) is 24.3 Å². The molecule has 0 saturated carbocycles. The second-order valence-electron chi connectivity index (χ2n) is 6.61. The van der Waals surface area contributed by atoms with Crippen LogP contribution in [0.4, 0.5) is 0 Å². The van der Waals surface area contributed by atoms with E-state index in [9.17, 15) is 9.90 Å². The predicted octanol–water partition coefficient (Wildman–Crippen LogP) is 4.06. The summed E-state index contributed by atoms with van der Waals surface area (Å²) in [5, 5.41) is 16.4. The zero-order valence-electron chi connectivity index (χ0n) is 15.9. The van der Waals surface area contributed by atoms with E-state index in [0.717, 1.165) is 16.7 Å². The molecule has 10 heteroatoms. The molecule has 0 bridgehead atoms. The van der Waals surface area contributed by atoms with Crippen molar-refractivity contribution in [3.63, 3.8) is 0 Å². The SMILES string of the molecule is O=C(NCc1cccc(-c2cncnc2)c1)c1nc(Cc2cc(Cl)c(O)c(Cl)c2)no1. The van der Waals surface area contributed by atoms with Gasteiger partial charge in [-0.2, -0.15) is 4.98 Å². The third-order valence-corrected chi connectivity index (χ3v) is 4.95. The van der Waals surface area contributed by atoms with E-state index in [-0.39, 0.29) is 40.5 Å². The summed E-state index contributed by atoms with van der Waals surface area (Å²) in [4.78, 5) is 24.5. The number of carbonyl (C=O) groups is 1. The Balaban J connectivity index is 1.40. The molecular formula is C21H15Cl2N5O3. The van der Waals surface area contributed by atoms with E-state index >= 15 is 0 Å². The number of halogens is 2. The smallest absolute Gasteiger partial charge is 0.315 e. The number of hydrogen-bond donors (Lipinski definition) is 2. The number of phenolic OH excluding ortho intramolecular Hbond substituents is 1. The molecule has 2 heterocycles. The molecule has 8 nitrogen and oxygen atoms in total. The van der Waals surface area contributed by atoms with E-state index in [1.165, 1.54) is 6.33 Å². The van der Waals surface area contributed by atoms with Crippen molar-refractivity contribution in [3.8, 4) is 16.9 Å². The van der Waals surface area contributed by atoms with Gasteiger partial charge in [-0.05, 0) is 34.9 Å². The molecule has 2 aromatic heterocycles. The van der Waals surface area contributed by atoms with Crippen LogP contribution in [0.1, 0.15) is 27.6 Å². The monoisotopic (exact) mass is 455 g/mol. The molecule has 0 atom stereocenters. The molecule has 0 aliphatic rings. The van der Waals surface area contributed by atoms with Crippen molar-refractivity contribution in [2.45, 2.75) is 13.0 Å². The fourth-order valence-corrected chi connectivity index (χ4v) is 3.42. The maximum Gasteiger partial charge on any atom is 0.315 e. The molecule has 4 aromatic rings. The van der Waals surface area contributed by atoms with Crippen molar-refractivity contribution in [2.24, 2.45) is 0 Å². The van der Waals surface area contributed by atoms with Crippen molar-refractivity contribution in [2.75, 3.05) is 0 Å². The highest BCUT2D eigenvalue weighted by Gasteiger charge is 2.16. The summed E-state index contributed by atoms with van der Waals surface area (Å²) < 4.78 is 5.06. The lowest BCUT2D eigenvalue weighted by Gasteiger charge is -2.06. The standard InChI is InChI=1S/C21H15Cl2N5O3/c22-16-5-13(6-17(23)19(16)29)7-18-27-21(31-28-18)20(30)26-8-12-2-1-3-14(4-12)15-9-24-11-25-10-15/h1-6,9-11,29H,7-8H2,(H,26,30). The molecule has 0 saturated heterocycles. The van der Waals surface area contributed by atoms with Crippen molar-refractivity contribution >= 4 is 29.1 Å². The fourth-order valence-electron chi connectivity index (χ4n) is 2.89. The first kappa shape index (κ1) is 20.8. The quantitative estimate of drug-likeness (QED) is 0.450. The zero-order chi connectivity index (χ0) is 21.8. The second kappa shape index (κ2) is 9.11.